The predicted octanol–water partition coefficient (Wildman–Crippen LogP) is 0.886. The van der Waals surface area contributed by atoms with Gasteiger partial charge in [0.2, 0.25) is 0 Å². The van der Waals surface area contributed by atoms with Gasteiger partial charge >= 0.3 is 0 Å². The third-order valence-corrected chi connectivity index (χ3v) is 1.75. The lowest BCUT2D eigenvalue weighted by Crippen LogP contribution is -1.99. The first kappa shape index (κ1) is 9.63. The van der Waals surface area contributed by atoms with Crippen LogP contribution in [0.4, 0.5) is 5.69 Å². The molecule has 0 spiro atoms. The molecular weight excluding hydrogens is 174 g/mol. The molecule has 0 atom stereocenters. The molecule has 0 aliphatic rings. The molecule has 0 aromatic heterocycles. The molecule has 0 unspecified atom stereocenters. The van der Waals surface area contributed by atoms with Crippen LogP contribution in [0.5, 0.6) is 0 Å². The Bertz CT molecular complexity index is 335. The topological polar surface area (TPSA) is 83.6 Å². The summed E-state index contributed by atoms with van der Waals surface area (Å²) in [4.78, 5) is 9.75. The van der Waals surface area contributed by atoms with E-state index in [1.54, 1.807) is 6.92 Å². The van der Waals surface area contributed by atoms with Crippen molar-refractivity contribution in [1.29, 1.82) is 0 Å². The van der Waals surface area contributed by atoms with Crippen LogP contribution in [0.25, 0.3) is 0 Å². The minimum absolute atomic E-state index is 0.145. The van der Waals surface area contributed by atoms with E-state index in [9.17, 15) is 10.1 Å². The van der Waals surface area contributed by atoms with Crippen molar-refractivity contribution in [2.45, 2.75) is 13.2 Å². The quantitative estimate of drug-likeness (QED) is 0.405. The normalized spacial score (nSPS) is 10.5. The highest BCUT2D eigenvalue weighted by Crippen LogP contribution is 2.21. The van der Waals surface area contributed by atoms with Gasteiger partial charge in [0.05, 0.1) is 4.92 Å². The number of hydrogen-bond donors (Lipinski definition) is 2. The smallest absolute Gasteiger partial charge is 0.269 e. The molecule has 5 nitrogen and oxygen atoms in total. The largest absolute Gasteiger partial charge is 0.364 e. The maximum Gasteiger partial charge on any atom is 0.269 e. The second-order valence-electron chi connectivity index (χ2n) is 2.67. The standard InChI is InChI=1S/C8H9NO4/c1-5-2-3-6(9(12)13)4-7(5)8(10)11/h2-4,8,10-11H,1H3. The van der Waals surface area contributed by atoms with Gasteiger partial charge in [-0.15, -0.1) is 0 Å². The lowest BCUT2D eigenvalue weighted by Gasteiger charge is -2.06. The van der Waals surface area contributed by atoms with Crippen LogP contribution in [0.1, 0.15) is 17.4 Å². The summed E-state index contributed by atoms with van der Waals surface area (Å²) in [5, 5.41) is 28.0. The summed E-state index contributed by atoms with van der Waals surface area (Å²) in [6.07, 6.45) is -1.67. The molecule has 0 aliphatic heterocycles. The van der Waals surface area contributed by atoms with Crippen molar-refractivity contribution in [3.63, 3.8) is 0 Å². The number of hydrogen-bond acceptors (Lipinski definition) is 4. The van der Waals surface area contributed by atoms with Crippen LogP contribution < -0.4 is 0 Å². The number of nitrogens with zero attached hydrogens (tertiary/aromatic N) is 1. The van der Waals surface area contributed by atoms with E-state index in [2.05, 4.69) is 0 Å². The second kappa shape index (κ2) is 3.51. The Kier molecular flexibility index (Phi) is 2.60. The van der Waals surface area contributed by atoms with Crippen molar-refractivity contribution >= 4 is 5.69 Å². The van der Waals surface area contributed by atoms with Gasteiger partial charge in [0.1, 0.15) is 0 Å². The van der Waals surface area contributed by atoms with Crippen LogP contribution in [0, 0.1) is 17.0 Å². The molecule has 0 fully saturated rings. The zero-order valence-corrected chi connectivity index (χ0v) is 6.97. The molecule has 0 saturated carbocycles. The highest BCUT2D eigenvalue weighted by atomic mass is 16.6. The Morgan fingerprint density at radius 1 is 1.46 bits per heavy atom. The Morgan fingerprint density at radius 2 is 2.08 bits per heavy atom. The fraction of sp³-hybridized carbons (Fsp3) is 0.250. The first-order chi connectivity index (χ1) is 6.02. The van der Waals surface area contributed by atoms with Crippen LogP contribution >= 0.6 is 0 Å². The van der Waals surface area contributed by atoms with Gasteiger partial charge in [-0.05, 0) is 12.5 Å². The van der Waals surface area contributed by atoms with Crippen LogP contribution in [-0.2, 0) is 0 Å². The zero-order chi connectivity index (χ0) is 10.0. The Labute approximate surface area is 74.4 Å². The molecule has 1 rings (SSSR count). The van der Waals surface area contributed by atoms with Crippen LogP contribution in [0.15, 0.2) is 18.2 Å². The zero-order valence-electron chi connectivity index (χ0n) is 6.97. The molecule has 0 radical (unpaired) electrons. The summed E-state index contributed by atoms with van der Waals surface area (Å²) in [5.41, 5.74) is 0.628. The van der Waals surface area contributed by atoms with Crippen LogP contribution in [-0.4, -0.2) is 15.1 Å². The van der Waals surface area contributed by atoms with Crippen LogP contribution in [0.3, 0.4) is 0 Å². The Hall–Kier alpha value is -1.46. The van der Waals surface area contributed by atoms with E-state index in [4.69, 9.17) is 10.2 Å². The van der Waals surface area contributed by atoms with Crippen molar-refractivity contribution in [3.8, 4) is 0 Å². The van der Waals surface area contributed by atoms with Gasteiger partial charge in [-0.3, -0.25) is 10.1 Å². The Balaban J connectivity index is 3.19. The maximum absolute atomic E-state index is 10.3. The molecule has 1 aromatic carbocycles. The van der Waals surface area contributed by atoms with Gasteiger partial charge in [-0.25, -0.2) is 0 Å². The van der Waals surface area contributed by atoms with E-state index in [1.807, 2.05) is 0 Å². The van der Waals surface area contributed by atoms with Crippen molar-refractivity contribution in [1.82, 2.24) is 0 Å². The monoisotopic (exact) mass is 183 g/mol. The lowest BCUT2D eigenvalue weighted by atomic mass is 10.1. The summed E-state index contributed by atoms with van der Waals surface area (Å²) < 4.78 is 0. The van der Waals surface area contributed by atoms with Crippen molar-refractivity contribution in [3.05, 3.63) is 39.4 Å². The number of rotatable bonds is 2. The molecule has 70 valence electrons. The third kappa shape index (κ3) is 2.01. The van der Waals surface area contributed by atoms with Gasteiger partial charge in [-0.2, -0.15) is 0 Å². The van der Waals surface area contributed by atoms with E-state index in [1.165, 1.54) is 12.1 Å². The molecule has 2 N–H and O–H groups in total. The van der Waals surface area contributed by atoms with Crippen molar-refractivity contribution < 1.29 is 15.1 Å². The number of nitro groups is 1. The summed E-state index contributed by atoms with van der Waals surface area (Å²) >= 11 is 0. The average Bonchev–Trinajstić information content (AvgIpc) is 2.04. The molecule has 5 heteroatoms. The summed E-state index contributed by atoms with van der Waals surface area (Å²) in [7, 11) is 0. The van der Waals surface area contributed by atoms with Gasteiger partial charge in [0, 0.05) is 17.7 Å². The van der Waals surface area contributed by atoms with Crippen molar-refractivity contribution in [2.75, 3.05) is 0 Å². The maximum atomic E-state index is 10.3. The summed E-state index contributed by atoms with van der Waals surface area (Å²) in [6.45, 7) is 1.65. The molecule has 0 heterocycles. The van der Waals surface area contributed by atoms with E-state index >= 15 is 0 Å². The fourth-order valence-electron chi connectivity index (χ4n) is 1.02. The molecular formula is C8H9NO4. The number of aliphatic hydroxyl groups is 2. The first-order valence-electron chi connectivity index (χ1n) is 3.63. The van der Waals surface area contributed by atoms with Crippen LogP contribution in [0.2, 0.25) is 0 Å². The first-order valence-corrected chi connectivity index (χ1v) is 3.63. The Morgan fingerprint density at radius 3 is 2.54 bits per heavy atom. The predicted molar refractivity (Wildman–Crippen MR) is 45.0 cm³/mol. The lowest BCUT2D eigenvalue weighted by molar-refractivity contribution is -0.385. The minimum Gasteiger partial charge on any atom is -0.364 e. The van der Waals surface area contributed by atoms with E-state index in [0.29, 0.717) is 5.56 Å². The molecule has 0 saturated heterocycles. The summed E-state index contributed by atoms with van der Waals surface area (Å²) in [6, 6.07) is 3.95. The van der Waals surface area contributed by atoms with Gasteiger partial charge < -0.3 is 10.2 Å². The molecule has 1 aromatic rings. The molecule has 0 amide bonds. The van der Waals surface area contributed by atoms with E-state index in [-0.39, 0.29) is 11.3 Å². The van der Waals surface area contributed by atoms with Gasteiger partial charge in [0.15, 0.2) is 6.29 Å². The summed E-state index contributed by atoms with van der Waals surface area (Å²) in [5.74, 6) is 0. The molecule has 0 bridgehead atoms. The minimum atomic E-state index is -1.67. The number of non-ortho nitro benzene ring substituents is 1. The highest BCUT2D eigenvalue weighted by Gasteiger charge is 2.12. The SMILES string of the molecule is Cc1ccc([N+](=O)[O-])cc1C(O)O. The van der Waals surface area contributed by atoms with Crippen molar-refractivity contribution in [2.24, 2.45) is 0 Å². The number of aryl methyl sites for hydroxylation is 1. The molecule has 0 aliphatic carbocycles. The highest BCUT2D eigenvalue weighted by molar-refractivity contribution is 5.39. The number of aliphatic hydroxyl groups excluding tert-OH is 1. The average molecular weight is 183 g/mol. The second-order valence-corrected chi connectivity index (χ2v) is 2.67. The third-order valence-electron chi connectivity index (χ3n) is 1.75. The molecule has 13 heavy (non-hydrogen) atoms. The number of nitro benzene ring substituents is 1. The fourth-order valence-corrected chi connectivity index (χ4v) is 1.02. The van der Waals surface area contributed by atoms with Gasteiger partial charge in [-0.1, -0.05) is 6.07 Å². The van der Waals surface area contributed by atoms with Gasteiger partial charge in [0.25, 0.3) is 5.69 Å². The van der Waals surface area contributed by atoms with E-state index in [0.717, 1.165) is 6.07 Å². The van der Waals surface area contributed by atoms with E-state index < -0.39 is 11.2 Å². The number of benzene rings is 1.